The van der Waals surface area contributed by atoms with Crippen molar-refractivity contribution in [3.63, 3.8) is 0 Å². The molecular weight excluding hydrogens is 388 g/mol. The van der Waals surface area contributed by atoms with Gasteiger partial charge in [-0.2, -0.15) is 10.2 Å². The second-order valence-corrected chi connectivity index (χ2v) is 9.44. The summed E-state index contributed by atoms with van der Waals surface area (Å²) < 4.78 is 1.82. The van der Waals surface area contributed by atoms with E-state index in [1.54, 1.807) is 0 Å². The van der Waals surface area contributed by atoms with E-state index in [4.69, 9.17) is 5.10 Å². The minimum absolute atomic E-state index is 0.0248. The van der Waals surface area contributed by atoms with Gasteiger partial charge in [-0.25, -0.2) is 4.68 Å². The van der Waals surface area contributed by atoms with Crippen LogP contribution in [0.2, 0.25) is 0 Å². The molecule has 2 aromatic heterocycles. The van der Waals surface area contributed by atoms with Crippen molar-refractivity contribution in [3.05, 3.63) is 59.0 Å². The highest BCUT2D eigenvalue weighted by Crippen LogP contribution is 2.34. The summed E-state index contributed by atoms with van der Waals surface area (Å²) in [5.74, 6) is 0.677. The highest BCUT2D eigenvalue weighted by Gasteiger charge is 2.31. The number of H-pyrrole nitrogens is 1. The van der Waals surface area contributed by atoms with Gasteiger partial charge in [0.25, 0.3) is 0 Å². The number of benzene rings is 1. The van der Waals surface area contributed by atoms with Gasteiger partial charge in [0.15, 0.2) is 0 Å². The molecule has 3 aromatic rings. The van der Waals surface area contributed by atoms with Gasteiger partial charge in [-0.3, -0.25) is 14.8 Å². The van der Waals surface area contributed by atoms with Gasteiger partial charge in [0, 0.05) is 28.8 Å². The van der Waals surface area contributed by atoms with Gasteiger partial charge >= 0.3 is 0 Å². The number of aryl methyl sites for hydroxylation is 2. The molecule has 1 fully saturated rings. The zero-order valence-corrected chi connectivity index (χ0v) is 19.1. The van der Waals surface area contributed by atoms with Gasteiger partial charge < -0.3 is 5.32 Å². The molecule has 1 amide bonds. The number of para-hydroxylation sites is 1. The number of likely N-dealkylation sites (tertiary alicyclic amines) is 1. The van der Waals surface area contributed by atoms with E-state index in [2.05, 4.69) is 48.1 Å². The zero-order chi connectivity index (χ0) is 22.2. The molecule has 0 aliphatic carbocycles. The summed E-state index contributed by atoms with van der Waals surface area (Å²) in [6.07, 6.45) is 2.13. The van der Waals surface area contributed by atoms with Crippen LogP contribution in [0.1, 0.15) is 62.3 Å². The van der Waals surface area contributed by atoms with Crippen molar-refractivity contribution in [1.82, 2.24) is 24.9 Å². The predicted octanol–water partition coefficient (Wildman–Crippen LogP) is 4.29. The number of anilines is 1. The number of rotatable bonds is 5. The van der Waals surface area contributed by atoms with Crippen molar-refractivity contribution in [3.8, 4) is 5.69 Å². The number of carbonyl (C=O) groups is 1. The molecule has 0 unspecified atom stereocenters. The monoisotopic (exact) mass is 420 g/mol. The second-order valence-electron chi connectivity index (χ2n) is 9.44. The number of amides is 1. The Hall–Kier alpha value is -2.93. The smallest absolute Gasteiger partial charge is 0.239 e. The van der Waals surface area contributed by atoms with E-state index in [0.717, 1.165) is 42.2 Å². The van der Waals surface area contributed by atoms with Crippen LogP contribution in [-0.2, 0) is 10.2 Å². The molecule has 1 atom stereocenters. The SMILES string of the molecule is Cc1n[nH]c(C)c1[C@@H]1CCCN1CC(=O)Nc1cc(C(C)(C)C)nn1-c1ccccc1. The van der Waals surface area contributed by atoms with Crippen LogP contribution >= 0.6 is 0 Å². The molecule has 4 rings (SSSR count). The maximum atomic E-state index is 13.1. The topological polar surface area (TPSA) is 78.8 Å². The second kappa shape index (κ2) is 8.30. The Bertz CT molecular complexity index is 1040. The number of nitrogens with zero attached hydrogens (tertiary/aromatic N) is 4. The van der Waals surface area contributed by atoms with Crippen LogP contribution in [0.15, 0.2) is 36.4 Å². The Morgan fingerprint density at radius 3 is 2.61 bits per heavy atom. The van der Waals surface area contributed by atoms with Crippen LogP contribution in [0.5, 0.6) is 0 Å². The molecule has 3 heterocycles. The van der Waals surface area contributed by atoms with Crippen LogP contribution in [0.4, 0.5) is 5.82 Å². The number of carbonyl (C=O) groups excluding carboxylic acids is 1. The van der Waals surface area contributed by atoms with E-state index >= 15 is 0 Å². The lowest BCUT2D eigenvalue weighted by Crippen LogP contribution is -2.33. The molecule has 0 saturated carbocycles. The van der Waals surface area contributed by atoms with Gasteiger partial charge in [-0.05, 0) is 45.4 Å². The lowest BCUT2D eigenvalue weighted by atomic mass is 9.92. The highest BCUT2D eigenvalue weighted by atomic mass is 16.2. The van der Waals surface area contributed by atoms with Crippen molar-refractivity contribution < 1.29 is 4.79 Å². The Labute approximate surface area is 183 Å². The summed E-state index contributed by atoms with van der Waals surface area (Å²) in [5.41, 5.74) is 5.09. The molecule has 164 valence electrons. The summed E-state index contributed by atoms with van der Waals surface area (Å²) in [6.45, 7) is 11.7. The van der Waals surface area contributed by atoms with Gasteiger partial charge in [0.05, 0.1) is 23.6 Å². The number of nitrogens with one attached hydrogen (secondary N) is 2. The number of aromatic amines is 1. The van der Waals surface area contributed by atoms with Crippen molar-refractivity contribution in [2.75, 3.05) is 18.4 Å². The first-order valence-corrected chi connectivity index (χ1v) is 11.0. The Kier molecular flexibility index (Phi) is 5.71. The predicted molar refractivity (Wildman–Crippen MR) is 123 cm³/mol. The van der Waals surface area contributed by atoms with Gasteiger partial charge in [-0.15, -0.1) is 0 Å². The third-order valence-electron chi connectivity index (χ3n) is 5.97. The molecule has 0 bridgehead atoms. The van der Waals surface area contributed by atoms with Crippen LogP contribution in [0, 0.1) is 13.8 Å². The fourth-order valence-electron chi connectivity index (χ4n) is 4.36. The first-order chi connectivity index (χ1) is 14.7. The van der Waals surface area contributed by atoms with Crippen molar-refractivity contribution in [1.29, 1.82) is 0 Å². The van der Waals surface area contributed by atoms with Crippen LogP contribution in [-0.4, -0.2) is 43.9 Å². The maximum Gasteiger partial charge on any atom is 0.239 e. The van der Waals surface area contributed by atoms with E-state index in [0.29, 0.717) is 12.4 Å². The normalized spacial score (nSPS) is 17.3. The molecule has 0 spiro atoms. The third kappa shape index (κ3) is 4.42. The number of hydrogen-bond donors (Lipinski definition) is 2. The molecule has 1 aliphatic rings. The third-order valence-corrected chi connectivity index (χ3v) is 5.97. The first kappa shape index (κ1) is 21.3. The number of hydrogen-bond acceptors (Lipinski definition) is 4. The van der Waals surface area contributed by atoms with Gasteiger partial charge in [0.1, 0.15) is 5.82 Å². The lowest BCUT2D eigenvalue weighted by Gasteiger charge is -2.24. The molecule has 1 saturated heterocycles. The summed E-state index contributed by atoms with van der Waals surface area (Å²) in [7, 11) is 0. The summed E-state index contributed by atoms with van der Waals surface area (Å²) >= 11 is 0. The fourth-order valence-corrected chi connectivity index (χ4v) is 4.36. The standard InChI is InChI=1S/C24H32N6O/c1-16-23(17(2)27-26-16)19-12-9-13-29(19)15-22(31)25-21-14-20(24(3,4)5)28-30(21)18-10-7-6-8-11-18/h6-8,10-11,14,19H,9,12-13,15H2,1-5H3,(H,25,31)(H,26,27)/t19-/m0/s1. The highest BCUT2D eigenvalue weighted by molar-refractivity contribution is 5.92. The molecule has 0 radical (unpaired) electrons. The molecule has 7 heteroatoms. The fraction of sp³-hybridized carbons (Fsp3) is 0.458. The van der Waals surface area contributed by atoms with E-state index in [-0.39, 0.29) is 17.4 Å². The molecule has 1 aromatic carbocycles. The number of aromatic nitrogens is 4. The Morgan fingerprint density at radius 1 is 1.23 bits per heavy atom. The maximum absolute atomic E-state index is 13.1. The van der Waals surface area contributed by atoms with Crippen LogP contribution in [0.3, 0.4) is 0 Å². The molecule has 7 nitrogen and oxygen atoms in total. The minimum Gasteiger partial charge on any atom is -0.309 e. The summed E-state index contributed by atoms with van der Waals surface area (Å²) in [4.78, 5) is 15.3. The quantitative estimate of drug-likeness (QED) is 0.646. The first-order valence-electron chi connectivity index (χ1n) is 11.0. The Balaban J connectivity index is 1.55. The minimum atomic E-state index is -0.115. The van der Waals surface area contributed by atoms with Crippen molar-refractivity contribution in [2.24, 2.45) is 0 Å². The van der Waals surface area contributed by atoms with Crippen molar-refractivity contribution >= 4 is 11.7 Å². The van der Waals surface area contributed by atoms with Crippen LogP contribution < -0.4 is 5.32 Å². The molecule has 2 N–H and O–H groups in total. The summed E-state index contributed by atoms with van der Waals surface area (Å²) in [5, 5.41) is 15.3. The molecule has 31 heavy (non-hydrogen) atoms. The average Bonchev–Trinajstić information content (AvgIpc) is 3.42. The largest absolute Gasteiger partial charge is 0.309 e. The van der Waals surface area contributed by atoms with Gasteiger partial charge in [-0.1, -0.05) is 39.0 Å². The zero-order valence-electron chi connectivity index (χ0n) is 19.1. The van der Waals surface area contributed by atoms with Crippen molar-refractivity contribution in [2.45, 2.75) is 58.9 Å². The van der Waals surface area contributed by atoms with Gasteiger partial charge in [0.2, 0.25) is 5.91 Å². The van der Waals surface area contributed by atoms with E-state index in [1.807, 2.05) is 48.0 Å². The van der Waals surface area contributed by atoms with Crippen LogP contribution in [0.25, 0.3) is 5.69 Å². The summed E-state index contributed by atoms with van der Waals surface area (Å²) in [6, 6.07) is 12.1. The average molecular weight is 421 g/mol. The lowest BCUT2D eigenvalue weighted by molar-refractivity contribution is -0.117. The van der Waals surface area contributed by atoms with E-state index in [1.165, 1.54) is 5.56 Å². The van der Waals surface area contributed by atoms with E-state index in [9.17, 15) is 4.79 Å². The molecular formula is C24H32N6O. The van der Waals surface area contributed by atoms with E-state index < -0.39 is 0 Å². The Morgan fingerprint density at radius 2 is 1.97 bits per heavy atom. The molecule has 1 aliphatic heterocycles.